The van der Waals surface area contributed by atoms with Gasteiger partial charge >= 0.3 is 0 Å². The summed E-state index contributed by atoms with van der Waals surface area (Å²) in [6, 6.07) is 10.8. The molecule has 2 heterocycles. The molecule has 0 aliphatic rings. The van der Waals surface area contributed by atoms with Crippen molar-refractivity contribution in [2.75, 3.05) is 7.11 Å². The molecule has 24 heavy (non-hydrogen) atoms. The van der Waals surface area contributed by atoms with Crippen molar-refractivity contribution in [1.82, 2.24) is 19.9 Å². The number of hydrogen-bond donors (Lipinski definition) is 1. The fourth-order valence-electron chi connectivity index (χ4n) is 2.41. The minimum Gasteiger partial charge on any atom is -0.496 e. The number of fused-ring (bicyclic) bond motifs is 1. The normalized spacial score (nSPS) is 10.6. The van der Waals surface area contributed by atoms with Crippen molar-refractivity contribution in [1.29, 1.82) is 0 Å². The molecule has 3 aromatic rings. The van der Waals surface area contributed by atoms with Gasteiger partial charge in [0.05, 0.1) is 7.11 Å². The standard InChI is InChI=1S/C17H16N4O3/c1-21-15-12(7-5-9-18-15)20-14(17(21)23)16(22)19-10-11-6-3-4-8-13(11)24-2/h3-9H,10H2,1-2H3,(H,19,22). The SMILES string of the molecule is COc1ccccc1CNC(=O)c1nc2cccnc2n(C)c1=O. The Morgan fingerprint density at radius 2 is 2.04 bits per heavy atom. The van der Waals surface area contributed by atoms with Gasteiger partial charge in [-0.1, -0.05) is 18.2 Å². The van der Waals surface area contributed by atoms with Gasteiger partial charge in [0.1, 0.15) is 11.3 Å². The van der Waals surface area contributed by atoms with Gasteiger partial charge < -0.3 is 10.1 Å². The topological polar surface area (TPSA) is 86.1 Å². The average Bonchev–Trinajstić information content (AvgIpc) is 2.63. The lowest BCUT2D eigenvalue weighted by Crippen LogP contribution is -2.33. The molecule has 0 unspecified atom stereocenters. The van der Waals surface area contributed by atoms with E-state index in [-0.39, 0.29) is 12.2 Å². The van der Waals surface area contributed by atoms with Crippen LogP contribution in [-0.4, -0.2) is 27.6 Å². The van der Waals surface area contributed by atoms with Crippen LogP contribution < -0.4 is 15.6 Å². The summed E-state index contributed by atoms with van der Waals surface area (Å²) in [5.74, 6) is 0.133. The smallest absolute Gasteiger partial charge is 0.283 e. The number of amides is 1. The van der Waals surface area contributed by atoms with Gasteiger partial charge in [-0.3, -0.25) is 14.2 Å². The molecule has 0 bridgehead atoms. The molecule has 0 aliphatic heterocycles. The summed E-state index contributed by atoms with van der Waals surface area (Å²) < 4.78 is 6.56. The quantitative estimate of drug-likeness (QED) is 0.781. The fourth-order valence-corrected chi connectivity index (χ4v) is 2.41. The zero-order chi connectivity index (χ0) is 17.1. The number of rotatable bonds is 4. The van der Waals surface area contributed by atoms with Gasteiger partial charge in [-0.25, -0.2) is 9.97 Å². The zero-order valence-corrected chi connectivity index (χ0v) is 13.3. The van der Waals surface area contributed by atoms with E-state index in [0.717, 1.165) is 5.56 Å². The number of aryl methyl sites for hydroxylation is 1. The summed E-state index contributed by atoms with van der Waals surface area (Å²) in [4.78, 5) is 33.0. The number of methoxy groups -OCH3 is 1. The number of benzene rings is 1. The predicted octanol–water partition coefficient (Wildman–Crippen LogP) is 1.27. The molecule has 1 N–H and O–H groups in total. The van der Waals surface area contributed by atoms with E-state index < -0.39 is 11.5 Å². The first-order valence-electron chi connectivity index (χ1n) is 7.33. The van der Waals surface area contributed by atoms with Gasteiger partial charge in [-0.05, 0) is 18.2 Å². The number of para-hydroxylation sites is 1. The van der Waals surface area contributed by atoms with Crippen molar-refractivity contribution in [2.24, 2.45) is 7.05 Å². The van der Waals surface area contributed by atoms with Crippen molar-refractivity contribution >= 4 is 17.1 Å². The number of nitrogens with one attached hydrogen (secondary N) is 1. The van der Waals surface area contributed by atoms with Gasteiger partial charge in [0.2, 0.25) is 0 Å². The molecule has 0 atom stereocenters. The van der Waals surface area contributed by atoms with E-state index in [0.29, 0.717) is 16.9 Å². The van der Waals surface area contributed by atoms with Crippen LogP contribution in [0.25, 0.3) is 11.2 Å². The van der Waals surface area contributed by atoms with Crippen molar-refractivity contribution < 1.29 is 9.53 Å². The van der Waals surface area contributed by atoms with Crippen LogP contribution in [-0.2, 0) is 13.6 Å². The van der Waals surface area contributed by atoms with E-state index in [1.807, 2.05) is 18.2 Å². The highest BCUT2D eigenvalue weighted by atomic mass is 16.5. The number of carbonyl (C=O) groups is 1. The molecule has 1 amide bonds. The second-order valence-corrected chi connectivity index (χ2v) is 5.17. The number of nitrogens with zero attached hydrogens (tertiary/aromatic N) is 3. The van der Waals surface area contributed by atoms with Gasteiger partial charge in [0, 0.05) is 25.4 Å². The van der Waals surface area contributed by atoms with Gasteiger partial charge in [-0.15, -0.1) is 0 Å². The van der Waals surface area contributed by atoms with E-state index in [1.54, 1.807) is 38.6 Å². The van der Waals surface area contributed by atoms with Crippen LogP contribution >= 0.6 is 0 Å². The van der Waals surface area contributed by atoms with Crippen LogP contribution in [0.4, 0.5) is 0 Å². The number of aromatic nitrogens is 3. The lowest BCUT2D eigenvalue weighted by molar-refractivity contribution is 0.0944. The largest absolute Gasteiger partial charge is 0.496 e. The maximum absolute atomic E-state index is 12.4. The van der Waals surface area contributed by atoms with Crippen molar-refractivity contribution in [3.8, 4) is 5.75 Å². The summed E-state index contributed by atoms with van der Waals surface area (Å²) in [5, 5.41) is 2.71. The van der Waals surface area contributed by atoms with E-state index in [2.05, 4.69) is 15.3 Å². The minimum absolute atomic E-state index is 0.159. The van der Waals surface area contributed by atoms with Crippen LogP contribution in [0.2, 0.25) is 0 Å². The predicted molar refractivity (Wildman–Crippen MR) is 88.9 cm³/mol. The Morgan fingerprint density at radius 3 is 2.83 bits per heavy atom. The van der Waals surface area contributed by atoms with Crippen LogP contribution in [0.1, 0.15) is 16.1 Å². The van der Waals surface area contributed by atoms with Crippen LogP contribution in [0, 0.1) is 0 Å². The van der Waals surface area contributed by atoms with E-state index in [4.69, 9.17) is 4.74 Å². The third kappa shape index (κ3) is 2.83. The van der Waals surface area contributed by atoms with Crippen molar-refractivity contribution in [3.63, 3.8) is 0 Å². The molecule has 0 aliphatic carbocycles. The van der Waals surface area contributed by atoms with E-state index >= 15 is 0 Å². The van der Waals surface area contributed by atoms with Gasteiger partial charge in [0.15, 0.2) is 11.3 Å². The van der Waals surface area contributed by atoms with Gasteiger partial charge in [-0.2, -0.15) is 0 Å². The summed E-state index contributed by atoms with van der Waals surface area (Å²) in [7, 11) is 3.13. The number of pyridine rings is 1. The fraction of sp³-hybridized carbons (Fsp3) is 0.176. The summed E-state index contributed by atoms with van der Waals surface area (Å²) in [5.41, 5.74) is 1.09. The second kappa shape index (κ2) is 6.49. The molecule has 3 rings (SSSR count). The second-order valence-electron chi connectivity index (χ2n) is 5.17. The molecular formula is C17H16N4O3. The number of ether oxygens (including phenoxy) is 1. The first-order chi connectivity index (χ1) is 11.6. The monoisotopic (exact) mass is 324 g/mol. The Morgan fingerprint density at radius 1 is 1.25 bits per heavy atom. The van der Waals surface area contributed by atoms with Crippen molar-refractivity contribution in [3.05, 3.63) is 64.2 Å². The molecule has 0 saturated heterocycles. The molecule has 0 spiro atoms. The van der Waals surface area contributed by atoms with Crippen LogP contribution in [0.5, 0.6) is 5.75 Å². The lowest BCUT2D eigenvalue weighted by Gasteiger charge is -2.10. The third-order valence-electron chi connectivity index (χ3n) is 3.67. The first-order valence-corrected chi connectivity index (χ1v) is 7.33. The molecule has 0 fully saturated rings. The maximum Gasteiger partial charge on any atom is 0.283 e. The summed E-state index contributed by atoms with van der Waals surface area (Å²) in [6.45, 7) is 0.235. The lowest BCUT2D eigenvalue weighted by atomic mass is 10.2. The number of carbonyl (C=O) groups excluding carboxylic acids is 1. The average molecular weight is 324 g/mol. The molecule has 1 aromatic carbocycles. The summed E-state index contributed by atoms with van der Waals surface area (Å²) >= 11 is 0. The Balaban J connectivity index is 1.89. The Labute approximate surface area is 137 Å². The number of hydrogen-bond acceptors (Lipinski definition) is 5. The Hall–Kier alpha value is -3.22. The molecule has 7 heteroatoms. The van der Waals surface area contributed by atoms with E-state index in [1.165, 1.54) is 4.57 Å². The zero-order valence-electron chi connectivity index (χ0n) is 13.3. The maximum atomic E-state index is 12.4. The summed E-state index contributed by atoms with van der Waals surface area (Å²) in [6.07, 6.45) is 1.57. The highest BCUT2D eigenvalue weighted by Crippen LogP contribution is 2.16. The molecule has 122 valence electrons. The minimum atomic E-state index is -0.535. The van der Waals surface area contributed by atoms with E-state index in [9.17, 15) is 9.59 Å². The molecule has 0 radical (unpaired) electrons. The first kappa shape index (κ1) is 15.7. The van der Waals surface area contributed by atoms with Crippen LogP contribution in [0.3, 0.4) is 0 Å². The van der Waals surface area contributed by atoms with Crippen molar-refractivity contribution in [2.45, 2.75) is 6.54 Å². The Kier molecular flexibility index (Phi) is 4.24. The van der Waals surface area contributed by atoms with Gasteiger partial charge in [0.25, 0.3) is 11.5 Å². The Bertz CT molecular complexity index is 965. The highest BCUT2D eigenvalue weighted by Gasteiger charge is 2.16. The molecule has 0 saturated carbocycles. The highest BCUT2D eigenvalue weighted by molar-refractivity contribution is 5.93. The van der Waals surface area contributed by atoms with Crippen LogP contribution in [0.15, 0.2) is 47.4 Å². The molecule has 7 nitrogen and oxygen atoms in total. The third-order valence-corrected chi connectivity index (χ3v) is 3.67. The molecule has 2 aromatic heterocycles. The molecular weight excluding hydrogens is 308 g/mol.